The van der Waals surface area contributed by atoms with E-state index in [-0.39, 0.29) is 24.4 Å². The fraction of sp³-hybridized carbons (Fsp3) is 0.400. The first-order valence-corrected chi connectivity index (χ1v) is 8.54. The maximum Gasteiger partial charge on any atom is 0.108 e. The molecule has 2 fully saturated rings. The Labute approximate surface area is 141 Å². The minimum atomic E-state index is -0.0568. The molecule has 1 aliphatic carbocycles. The second kappa shape index (κ2) is 5.97. The molecule has 0 amide bonds. The normalized spacial score (nSPS) is 29.7. The summed E-state index contributed by atoms with van der Waals surface area (Å²) in [4.78, 5) is 0. The van der Waals surface area contributed by atoms with E-state index in [4.69, 9.17) is 18.9 Å². The van der Waals surface area contributed by atoms with Crippen molar-refractivity contribution in [2.75, 3.05) is 26.4 Å². The molecule has 2 saturated heterocycles. The zero-order valence-electron chi connectivity index (χ0n) is 13.4. The average molecular weight is 324 g/mol. The van der Waals surface area contributed by atoms with Crippen LogP contribution in [0.3, 0.4) is 0 Å². The molecule has 5 rings (SSSR count). The third kappa shape index (κ3) is 2.76. The second-order valence-electron chi connectivity index (χ2n) is 6.60. The van der Waals surface area contributed by atoms with Gasteiger partial charge >= 0.3 is 0 Å². The molecule has 0 saturated carbocycles. The van der Waals surface area contributed by atoms with Crippen molar-refractivity contribution in [1.29, 1.82) is 0 Å². The number of hydrogen-bond acceptors (Lipinski definition) is 4. The Morgan fingerprint density at radius 3 is 1.29 bits per heavy atom. The Kier molecular flexibility index (Phi) is 3.64. The van der Waals surface area contributed by atoms with Gasteiger partial charge in [-0.2, -0.15) is 0 Å². The molecule has 2 aliphatic heterocycles. The number of hydrogen-bond donors (Lipinski definition) is 0. The van der Waals surface area contributed by atoms with Gasteiger partial charge in [-0.15, -0.1) is 0 Å². The highest BCUT2D eigenvalue weighted by Crippen LogP contribution is 2.44. The fourth-order valence-electron chi connectivity index (χ4n) is 3.41. The summed E-state index contributed by atoms with van der Waals surface area (Å²) in [5, 5.41) is 0. The predicted molar refractivity (Wildman–Crippen MR) is 88.0 cm³/mol. The number of rotatable bonds is 6. The zero-order valence-corrected chi connectivity index (χ0v) is 13.4. The molecule has 0 N–H and O–H groups in total. The van der Waals surface area contributed by atoms with Gasteiger partial charge in [0.05, 0.1) is 26.4 Å². The zero-order chi connectivity index (χ0) is 15.9. The number of benzene rings is 2. The fourth-order valence-corrected chi connectivity index (χ4v) is 3.41. The van der Waals surface area contributed by atoms with Crippen molar-refractivity contribution >= 4 is 0 Å². The smallest absolute Gasteiger partial charge is 0.108 e. The van der Waals surface area contributed by atoms with Crippen LogP contribution in [0.1, 0.15) is 34.5 Å². The van der Waals surface area contributed by atoms with E-state index in [9.17, 15) is 0 Å². The van der Waals surface area contributed by atoms with E-state index in [0.29, 0.717) is 13.2 Å². The summed E-state index contributed by atoms with van der Waals surface area (Å²) in [5.74, 6) is 0. The van der Waals surface area contributed by atoms with Crippen molar-refractivity contribution in [2.45, 2.75) is 24.4 Å². The lowest BCUT2D eigenvalue weighted by atomic mass is 9.82. The van der Waals surface area contributed by atoms with Crippen molar-refractivity contribution in [1.82, 2.24) is 0 Å². The molecule has 0 radical (unpaired) electrons. The van der Waals surface area contributed by atoms with Gasteiger partial charge < -0.3 is 18.9 Å². The van der Waals surface area contributed by atoms with Crippen molar-refractivity contribution in [3.63, 3.8) is 0 Å². The van der Waals surface area contributed by atoms with Crippen LogP contribution >= 0.6 is 0 Å². The van der Waals surface area contributed by atoms with Gasteiger partial charge in [0.2, 0.25) is 0 Å². The topological polar surface area (TPSA) is 43.5 Å². The van der Waals surface area contributed by atoms with E-state index >= 15 is 0 Å². The largest absolute Gasteiger partial charge is 0.371 e. The summed E-state index contributed by atoms with van der Waals surface area (Å²) in [6.07, 6.45) is 0.396. The van der Waals surface area contributed by atoms with E-state index in [1.807, 2.05) is 0 Å². The molecular formula is C20H20O4. The van der Waals surface area contributed by atoms with Gasteiger partial charge in [0.15, 0.2) is 0 Å². The average Bonchev–Trinajstić information content (AvgIpc) is 3.53. The molecule has 3 aliphatic rings. The highest BCUT2D eigenvalue weighted by atomic mass is 16.6. The Bertz CT molecular complexity index is 626. The number of fused-ring (bicyclic) bond motifs is 2. The van der Waals surface area contributed by atoms with E-state index < -0.39 is 0 Å². The minimum Gasteiger partial charge on any atom is -0.371 e. The highest BCUT2D eigenvalue weighted by Gasteiger charge is 2.35. The lowest BCUT2D eigenvalue weighted by Crippen LogP contribution is -2.23. The first-order chi connectivity index (χ1) is 11.9. The molecular weight excluding hydrogens is 304 g/mol. The minimum absolute atomic E-state index is 0.0568. The number of ether oxygens (including phenoxy) is 4. The highest BCUT2D eigenvalue weighted by molar-refractivity contribution is 5.50. The van der Waals surface area contributed by atoms with Crippen LogP contribution in [-0.4, -0.2) is 38.6 Å². The maximum absolute atomic E-state index is 6.24. The van der Waals surface area contributed by atoms with Crippen LogP contribution in [0.5, 0.6) is 0 Å². The SMILES string of the molecule is c1ccc2c(c1)C(OC[C@@H]1CO1)c1ccccc1C2OC[C@@H]1CO1. The van der Waals surface area contributed by atoms with Crippen molar-refractivity contribution < 1.29 is 18.9 Å². The molecule has 0 aromatic heterocycles. The van der Waals surface area contributed by atoms with Gasteiger partial charge in [-0.05, 0) is 22.3 Å². The summed E-state index contributed by atoms with van der Waals surface area (Å²) in [5.41, 5.74) is 4.77. The van der Waals surface area contributed by atoms with E-state index in [0.717, 1.165) is 13.2 Å². The summed E-state index contributed by atoms with van der Waals surface area (Å²) >= 11 is 0. The summed E-state index contributed by atoms with van der Waals surface area (Å²) < 4.78 is 23.1. The van der Waals surface area contributed by atoms with E-state index in [1.165, 1.54) is 22.3 Å². The molecule has 0 unspecified atom stereocenters. The van der Waals surface area contributed by atoms with Crippen LogP contribution in [0.25, 0.3) is 0 Å². The lowest BCUT2D eigenvalue weighted by Gasteiger charge is -2.33. The first kappa shape index (κ1) is 14.6. The van der Waals surface area contributed by atoms with E-state index in [2.05, 4.69) is 48.5 Å². The molecule has 24 heavy (non-hydrogen) atoms. The Morgan fingerprint density at radius 2 is 1.00 bits per heavy atom. The van der Waals surface area contributed by atoms with Crippen LogP contribution in [-0.2, 0) is 18.9 Å². The molecule has 4 heteroatoms. The summed E-state index contributed by atoms with van der Waals surface area (Å²) in [7, 11) is 0. The summed E-state index contributed by atoms with van der Waals surface area (Å²) in [6, 6.07) is 16.9. The monoisotopic (exact) mass is 324 g/mol. The van der Waals surface area contributed by atoms with Crippen molar-refractivity contribution in [3.05, 3.63) is 70.8 Å². The van der Waals surface area contributed by atoms with Gasteiger partial charge in [0.1, 0.15) is 24.4 Å². The molecule has 4 nitrogen and oxygen atoms in total. The van der Waals surface area contributed by atoms with Crippen LogP contribution in [0, 0.1) is 0 Å². The van der Waals surface area contributed by atoms with Crippen molar-refractivity contribution in [2.24, 2.45) is 0 Å². The Hall–Kier alpha value is -1.72. The molecule has 2 heterocycles. The van der Waals surface area contributed by atoms with Crippen LogP contribution < -0.4 is 0 Å². The Balaban J connectivity index is 1.52. The van der Waals surface area contributed by atoms with Crippen LogP contribution in [0.2, 0.25) is 0 Å². The predicted octanol–water partition coefficient (Wildman–Crippen LogP) is 3.01. The summed E-state index contributed by atoms with van der Waals surface area (Å²) in [6.45, 7) is 2.88. The van der Waals surface area contributed by atoms with Gasteiger partial charge in [0.25, 0.3) is 0 Å². The molecule has 2 aromatic rings. The van der Waals surface area contributed by atoms with Gasteiger partial charge in [-0.1, -0.05) is 48.5 Å². The standard InChI is InChI=1S/C20H20O4/c1-2-6-16-15(5-1)19(23-11-13-9-21-13)17-7-3-4-8-18(17)20(16)24-12-14-10-22-14/h1-8,13-14,19-20H,9-12H2/t13-,14-,19?,20?/m0/s1. The number of epoxide rings is 2. The maximum atomic E-state index is 6.24. The molecule has 124 valence electrons. The second-order valence-corrected chi connectivity index (χ2v) is 6.60. The molecule has 2 aromatic carbocycles. The lowest BCUT2D eigenvalue weighted by molar-refractivity contribution is 0.0383. The van der Waals surface area contributed by atoms with Crippen LogP contribution in [0.15, 0.2) is 48.5 Å². The van der Waals surface area contributed by atoms with Gasteiger partial charge in [-0.25, -0.2) is 0 Å². The van der Waals surface area contributed by atoms with Gasteiger partial charge in [0, 0.05) is 0 Å². The Morgan fingerprint density at radius 1 is 0.667 bits per heavy atom. The molecule has 0 bridgehead atoms. The van der Waals surface area contributed by atoms with Crippen LogP contribution in [0.4, 0.5) is 0 Å². The molecule has 0 spiro atoms. The van der Waals surface area contributed by atoms with Gasteiger partial charge in [-0.3, -0.25) is 0 Å². The quantitative estimate of drug-likeness (QED) is 0.766. The third-order valence-corrected chi connectivity index (χ3v) is 4.82. The molecule has 2 atom stereocenters. The third-order valence-electron chi connectivity index (χ3n) is 4.82. The first-order valence-electron chi connectivity index (χ1n) is 8.54. The van der Waals surface area contributed by atoms with Crippen molar-refractivity contribution in [3.8, 4) is 0 Å². The van der Waals surface area contributed by atoms with E-state index in [1.54, 1.807) is 0 Å².